The van der Waals surface area contributed by atoms with Crippen LogP contribution in [0.15, 0.2) is 4.13 Å². The van der Waals surface area contributed by atoms with Gasteiger partial charge in [-0.25, -0.2) is 13.6 Å². The van der Waals surface area contributed by atoms with Gasteiger partial charge in [0.1, 0.15) is 12.1 Å². The topological polar surface area (TPSA) is 184 Å². The fourth-order valence-electron chi connectivity index (χ4n) is 1.93. The molecule has 166 valence electrons. The third-order valence-corrected chi connectivity index (χ3v) is 7.15. The Morgan fingerprint density at radius 1 is 1.34 bits per heavy atom. The lowest BCUT2D eigenvalue weighted by atomic mass is 10.2. The molecule has 0 aliphatic carbocycles. The van der Waals surface area contributed by atoms with Gasteiger partial charge in [0, 0.05) is 18.4 Å². The van der Waals surface area contributed by atoms with E-state index in [1.165, 1.54) is 6.92 Å². The molecular formula is C15H27N4O8PS. The molecule has 0 fully saturated rings. The van der Waals surface area contributed by atoms with Gasteiger partial charge in [-0.2, -0.15) is 5.26 Å². The van der Waals surface area contributed by atoms with Gasteiger partial charge in [0.05, 0.1) is 35.9 Å². The van der Waals surface area contributed by atoms with Gasteiger partial charge in [0.15, 0.2) is 0 Å². The molecule has 4 atom stereocenters. The average molecular weight is 454 g/mol. The van der Waals surface area contributed by atoms with Crippen LogP contribution in [0.2, 0.25) is 0 Å². The minimum absolute atomic E-state index is 0.145. The first kappa shape index (κ1) is 27.0. The molecular weight excluding hydrogens is 427 g/mol. The maximum Gasteiger partial charge on any atom is 0.459 e. The van der Waals surface area contributed by atoms with Gasteiger partial charge in [-0.1, -0.05) is 6.92 Å². The number of amides is 2. The zero-order valence-electron chi connectivity index (χ0n) is 16.7. The molecule has 29 heavy (non-hydrogen) atoms. The van der Waals surface area contributed by atoms with Gasteiger partial charge in [-0.05, 0) is 13.3 Å². The summed E-state index contributed by atoms with van der Waals surface area (Å²) in [7, 11) is -6.72. The van der Waals surface area contributed by atoms with Gasteiger partial charge in [0.2, 0.25) is 11.8 Å². The Bertz CT molecular complexity index is 803. The van der Waals surface area contributed by atoms with Crippen LogP contribution in [0.1, 0.15) is 33.1 Å². The molecule has 0 spiro atoms. The Hall–Kier alpha value is -2.00. The summed E-state index contributed by atoms with van der Waals surface area (Å²) in [6.45, 7) is 2.68. The Morgan fingerprint density at radius 3 is 2.48 bits per heavy atom. The smallest absolute Gasteiger partial charge is 0.459 e. The molecule has 0 aliphatic rings. The van der Waals surface area contributed by atoms with E-state index in [1.54, 1.807) is 13.0 Å². The summed E-state index contributed by atoms with van der Waals surface area (Å²) in [4.78, 5) is 45.1. The Morgan fingerprint density at radius 2 is 1.97 bits per heavy atom. The van der Waals surface area contributed by atoms with Crippen molar-refractivity contribution < 1.29 is 37.3 Å². The fraction of sp³-hybridized carbons (Fsp3) is 0.733. The van der Waals surface area contributed by atoms with Crippen molar-refractivity contribution in [3.05, 3.63) is 0 Å². The van der Waals surface area contributed by atoms with Crippen molar-refractivity contribution in [3.8, 4) is 6.07 Å². The zero-order chi connectivity index (χ0) is 22.7. The maximum atomic E-state index is 12.5. The van der Waals surface area contributed by atoms with Crippen LogP contribution in [0, 0.1) is 11.3 Å². The molecule has 2 amide bonds. The van der Waals surface area contributed by atoms with Crippen LogP contribution in [0.25, 0.3) is 0 Å². The number of nitrogens with zero attached hydrogens (tertiary/aromatic N) is 2. The molecule has 0 rings (SSSR count). The summed E-state index contributed by atoms with van der Waals surface area (Å²) in [5, 5.41) is 13.2. The largest absolute Gasteiger partial charge is 0.467 e. The summed E-state index contributed by atoms with van der Waals surface area (Å²) in [6, 6.07) is -0.410. The third kappa shape index (κ3) is 11.6. The van der Waals surface area contributed by atoms with E-state index >= 15 is 0 Å². The highest BCUT2D eigenvalue weighted by Crippen LogP contribution is 2.45. The Labute approximate surface area is 170 Å². The van der Waals surface area contributed by atoms with E-state index in [1.807, 2.05) is 0 Å². The lowest BCUT2D eigenvalue weighted by Crippen LogP contribution is -2.50. The van der Waals surface area contributed by atoms with Crippen LogP contribution >= 0.6 is 7.75 Å². The number of methoxy groups -OCH3 is 1. The normalized spacial score (nSPS) is 16.8. The van der Waals surface area contributed by atoms with E-state index in [-0.39, 0.29) is 37.5 Å². The highest BCUT2D eigenvalue weighted by Gasteiger charge is 2.27. The second kappa shape index (κ2) is 12.5. The van der Waals surface area contributed by atoms with Crippen molar-refractivity contribution >= 4 is 35.3 Å². The lowest BCUT2D eigenvalue weighted by molar-refractivity contribution is -0.145. The number of ether oxygens (including phenoxy) is 1. The quantitative estimate of drug-likeness (QED) is 0.209. The van der Waals surface area contributed by atoms with Gasteiger partial charge in [-0.3, -0.25) is 14.1 Å². The van der Waals surface area contributed by atoms with Crippen molar-refractivity contribution in [2.75, 3.05) is 25.7 Å². The molecule has 0 saturated heterocycles. The standard InChI is InChI=1S/C15H27N4O8PS/c1-5-13(20)17-11(2)14(21)18-12(15(22)26-3)7-10-29(4,25)19-28(23,24)27-9-6-8-16/h11-12H,5-7,9-10H2,1-4H3,(H,17,20)(H,18,21)(H,23,24)/t11-,12?,29?/m0/s1. The number of nitrogens with one attached hydrogen (secondary N) is 2. The molecule has 0 aliphatic heterocycles. The highest BCUT2D eigenvalue weighted by atomic mass is 32.2. The highest BCUT2D eigenvalue weighted by molar-refractivity contribution is 7.95. The number of rotatable bonds is 12. The molecule has 0 bridgehead atoms. The summed E-state index contributed by atoms with van der Waals surface area (Å²) >= 11 is 0. The van der Waals surface area contributed by atoms with Gasteiger partial charge < -0.3 is 20.3 Å². The summed E-state index contributed by atoms with van der Waals surface area (Å²) < 4.78 is 36.8. The summed E-state index contributed by atoms with van der Waals surface area (Å²) in [6.07, 6.45) is 0.928. The third-order valence-electron chi connectivity index (χ3n) is 3.43. The number of hydrogen-bond donors (Lipinski definition) is 3. The molecule has 0 aromatic rings. The van der Waals surface area contributed by atoms with E-state index in [4.69, 9.17) is 5.26 Å². The molecule has 3 unspecified atom stereocenters. The fourth-order valence-corrected chi connectivity index (χ4v) is 5.19. The van der Waals surface area contributed by atoms with Crippen LogP contribution in [-0.2, 0) is 37.9 Å². The van der Waals surface area contributed by atoms with Gasteiger partial charge in [0.25, 0.3) is 0 Å². The molecule has 0 radical (unpaired) electrons. The number of carbonyl (C=O) groups is 3. The van der Waals surface area contributed by atoms with Crippen LogP contribution in [0.5, 0.6) is 0 Å². The molecule has 14 heteroatoms. The SMILES string of the molecule is CCC(=O)N[C@@H](C)C(=O)NC(CCS(C)(=O)=NP(=O)(O)OCCC#N)C(=O)OC. The van der Waals surface area contributed by atoms with Crippen molar-refractivity contribution in [2.24, 2.45) is 4.13 Å². The first-order valence-electron chi connectivity index (χ1n) is 8.60. The number of nitriles is 1. The van der Waals surface area contributed by atoms with Gasteiger partial charge >= 0.3 is 13.7 Å². The van der Waals surface area contributed by atoms with Crippen molar-refractivity contribution in [1.82, 2.24) is 10.6 Å². The zero-order valence-corrected chi connectivity index (χ0v) is 18.5. The van der Waals surface area contributed by atoms with Crippen LogP contribution in [0.4, 0.5) is 0 Å². The number of hydrogen-bond acceptors (Lipinski definition) is 8. The lowest BCUT2D eigenvalue weighted by Gasteiger charge is -2.20. The minimum atomic E-state index is -4.55. The molecule has 3 N–H and O–H groups in total. The van der Waals surface area contributed by atoms with E-state index in [0.717, 1.165) is 13.4 Å². The second-order valence-corrected chi connectivity index (χ2v) is 10.2. The summed E-state index contributed by atoms with van der Waals surface area (Å²) in [5.74, 6) is -2.16. The van der Waals surface area contributed by atoms with Gasteiger partial charge in [-0.15, -0.1) is 4.13 Å². The Balaban J connectivity index is 5.14. The van der Waals surface area contributed by atoms with Crippen molar-refractivity contribution in [2.45, 2.75) is 45.2 Å². The molecule has 0 heterocycles. The first-order chi connectivity index (χ1) is 13.4. The van der Waals surface area contributed by atoms with Crippen molar-refractivity contribution in [3.63, 3.8) is 0 Å². The summed E-state index contributed by atoms with van der Waals surface area (Å²) in [5.41, 5.74) is 0. The number of esters is 1. The maximum absolute atomic E-state index is 12.5. The first-order valence-corrected chi connectivity index (χ1v) is 12.2. The van der Waals surface area contributed by atoms with E-state index in [2.05, 4.69) is 24.0 Å². The number of carbonyl (C=O) groups excluding carboxylic acids is 3. The van der Waals surface area contributed by atoms with E-state index in [9.17, 15) is 28.1 Å². The van der Waals surface area contributed by atoms with Crippen molar-refractivity contribution in [1.29, 1.82) is 5.26 Å². The molecule has 0 saturated carbocycles. The second-order valence-electron chi connectivity index (χ2n) is 5.99. The van der Waals surface area contributed by atoms with Crippen LogP contribution in [0.3, 0.4) is 0 Å². The average Bonchev–Trinajstić information content (AvgIpc) is 2.63. The van der Waals surface area contributed by atoms with E-state index < -0.39 is 41.4 Å². The van der Waals surface area contributed by atoms with E-state index in [0.29, 0.717) is 0 Å². The Kier molecular flexibility index (Phi) is 11.7. The molecule has 12 nitrogen and oxygen atoms in total. The predicted octanol–water partition coefficient (Wildman–Crippen LogP) is 0.0775. The predicted molar refractivity (Wildman–Crippen MR) is 104 cm³/mol. The minimum Gasteiger partial charge on any atom is -0.467 e. The monoisotopic (exact) mass is 454 g/mol. The van der Waals surface area contributed by atoms with Crippen LogP contribution in [-0.4, -0.2) is 64.7 Å². The van der Waals surface area contributed by atoms with Crippen LogP contribution < -0.4 is 10.6 Å². The molecule has 0 aromatic heterocycles. The molecule has 0 aromatic carbocycles.